The van der Waals surface area contributed by atoms with Gasteiger partial charge in [0, 0.05) is 68.9 Å². The van der Waals surface area contributed by atoms with Crippen LogP contribution in [0.3, 0.4) is 0 Å². The molecular formula is C31H34N6O3. The first kappa shape index (κ1) is 26.0. The van der Waals surface area contributed by atoms with Crippen molar-refractivity contribution >= 4 is 29.1 Å². The number of pyridine rings is 1. The molecule has 0 unspecified atom stereocenters. The van der Waals surface area contributed by atoms with Gasteiger partial charge in [-0.1, -0.05) is 18.2 Å². The fraction of sp³-hybridized carbons (Fsp3) is 0.355. The molecule has 2 saturated heterocycles. The molecule has 2 aromatic carbocycles. The summed E-state index contributed by atoms with van der Waals surface area (Å²) in [5.74, 6) is -0.544. The Balaban J connectivity index is 1.11. The zero-order valence-electron chi connectivity index (χ0n) is 22.7. The molecule has 0 radical (unpaired) electrons. The molecule has 3 aromatic rings. The van der Waals surface area contributed by atoms with Crippen LogP contribution < -0.4 is 15.5 Å². The standard InChI is InChI=1S/C31H34N6O3/c1-35-12-14-36(15-13-35)26-9-10-32-28(18-26)31(40)37-11-3-5-23(20-37)29(38)34-25-6-2-4-21(17-25)22-7-8-27-24(16-22)19-33-30(27)39/h2,4,6-10,16-18,23H,3,5,11-15,19-20H2,1H3,(H,33,39)(H,34,38)/t23-/m0/s1. The lowest BCUT2D eigenvalue weighted by Crippen LogP contribution is -2.45. The normalized spacial score (nSPS) is 19.2. The first-order valence-corrected chi connectivity index (χ1v) is 14.0. The van der Waals surface area contributed by atoms with Crippen molar-refractivity contribution in [2.24, 2.45) is 5.92 Å². The third-order valence-electron chi connectivity index (χ3n) is 8.16. The van der Waals surface area contributed by atoms with Crippen molar-refractivity contribution in [1.29, 1.82) is 0 Å². The summed E-state index contributed by atoms with van der Waals surface area (Å²) in [7, 11) is 2.12. The summed E-state index contributed by atoms with van der Waals surface area (Å²) >= 11 is 0. The Morgan fingerprint density at radius 2 is 1.80 bits per heavy atom. The Morgan fingerprint density at radius 1 is 0.975 bits per heavy atom. The lowest BCUT2D eigenvalue weighted by atomic mass is 9.96. The van der Waals surface area contributed by atoms with Gasteiger partial charge in [-0.3, -0.25) is 19.4 Å². The third-order valence-corrected chi connectivity index (χ3v) is 8.16. The number of nitrogens with zero attached hydrogens (tertiary/aromatic N) is 4. The van der Waals surface area contributed by atoms with Crippen molar-refractivity contribution < 1.29 is 14.4 Å². The van der Waals surface area contributed by atoms with Crippen LogP contribution in [-0.2, 0) is 11.3 Å². The second-order valence-electron chi connectivity index (χ2n) is 10.9. The third kappa shape index (κ3) is 5.42. The van der Waals surface area contributed by atoms with E-state index in [-0.39, 0.29) is 23.6 Å². The van der Waals surface area contributed by atoms with Gasteiger partial charge in [-0.05, 0) is 73.0 Å². The first-order valence-electron chi connectivity index (χ1n) is 14.0. The first-order chi connectivity index (χ1) is 19.4. The van der Waals surface area contributed by atoms with Crippen LogP contribution in [0.4, 0.5) is 11.4 Å². The topological polar surface area (TPSA) is 97.9 Å². The van der Waals surface area contributed by atoms with Crippen molar-refractivity contribution in [2.45, 2.75) is 19.4 Å². The van der Waals surface area contributed by atoms with Crippen LogP contribution in [0.5, 0.6) is 0 Å². The summed E-state index contributed by atoms with van der Waals surface area (Å²) in [5, 5.41) is 5.91. The van der Waals surface area contributed by atoms with Crippen LogP contribution in [0.15, 0.2) is 60.8 Å². The van der Waals surface area contributed by atoms with E-state index in [1.54, 1.807) is 11.1 Å². The quantitative estimate of drug-likeness (QED) is 0.518. The molecule has 40 heavy (non-hydrogen) atoms. The number of likely N-dealkylation sites (tertiary alicyclic amines) is 1. The number of benzene rings is 2. The van der Waals surface area contributed by atoms with Crippen LogP contribution in [0.2, 0.25) is 0 Å². The van der Waals surface area contributed by atoms with E-state index in [9.17, 15) is 14.4 Å². The van der Waals surface area contributed by atoms with Gasteiger partial charge < -0.3 is 25.3 Å². The van der Waals surface area contributed by atoms with E-state index in [0.717, 1.165) is 61.4 Å². The molecule has 0 aliphatic carbocycles. The Labute approximate surface area is 234 Å². The molecule has 3 aliphatic heterocycles. The number of hydrogen-bond donors (Lipinski definition) is 2. The van der Waals surface area contributed by atoms with Gasteiger partial charge in [0.25, 0.3) is 11.8 Å². The summed E-state index contributed by atoms with van der Waals surface area (Å²) in [6.45, 7) is 5.34. The van der Waals surface area contributed by atoms with Crippen LogP contribution in [-0.4, -0.2) is 78.8 Å². The summed E-state index contributed by atoms with van der Waals surface area (Å²) < 4.78 is 0. The maximum absolute atomic E-state index is 13.4. The lowest BCUT2D eigenvalue weighted by Gasteiger charge is -2.34. The van der Waals surface area contributed by atoms with Gasteiger partial charge in [-0.15, -0.1) is 0 Å². The van der Waals surface area contributed by atoms with Crippen molar-refractivity contribution in [1.82, 2.24) is 20.1 Å². The predicted molar refractivity (Wildman–Crippen MR) is 154 cm³/mol. The van der Waals surface area contributed by atoms with Crippen LogP contribution in [0.1, 0.15) is 39.3 Å². The van der Waals surface area contributed by atoms with Crippen molar-refractivity contribution in [3.8, 4) is 11.1 Å². The summed E-state index contributed by atoms with van der Waals surface area (Å²) in [4.78, 5) is 49.3. The number of amides is 3. The molecule has 1 aromatic heterocycles. The highest BCUT2D eigenvalue weighted by Gasteiger charge is 2.30. The molecule has 2 fully saturated rings. The van der Waals surface area contributed by atoms with E-state index in [1.165, 1.54) is 0 Å². The highest BCUT2D eigenvalue weighted by Crippen LogP contribution is 2.28. The number of piperazine rings is 1. The summed E-state index contributed by atoms with van der Waals surface area (Å²) in [6, 6.07) is 17.4. The average molecular weight is 539 g/mol. The van der Waals surface area contributed by atoms with E-state index in [4.69, 9.17) is 0 Å². The van der Waals surface area contributed by atoms with Gasteiger partial charge in [0.1, 0.15) is 5.69 Å². The Hall–Kier alpha value is -4.24. The Morgan fingerprint density at radius 3 is 2.65 bits per heavy atom. The zero-order chi connectivity index (χ0) is 27.6. The molecule has 4 heterocycles. The molecule has 9 nitrogen and oxygen atoms in total. The smallest absolute Gasteiger partial charge is 0.272 e. The SMILES string of the molecule is CN1CCN(c2ccnc(C(=O)N3CCC[C@H](C(=O)Nc4cccc(-c5ccc6c(c5)CNC6=O)c4)C3)c2)CC1. The monoisotopic (exact) mass is 538 g/mol. The number of piperidine rings is 1. The van der Waals surface area contributed by atoms with Crippen LogP contribution in [0.25, 0.3) is 11.1 Å². The predicted octanol–water partition coefficient (Wildman–Crippen LogP) is 3.23. The van der Waals surface area contributed by atoms with Crippen molar-refractivity contribution in [3.63, 3.8) is 0 Å². The summed E-state index contributed by atoms with van der Waals surface area (Å²) in [5.41, 5.74) is 5.81. The second kappa shape index (κ2) is 11.1. The molecule has 2 N–H and O–H groups in total. The molecule has 206 valence electrons. The van der Waals surface area contributed by atoms with E-state index in [1.807, 2.05) is 54.6 Å². The minimum atomic E-state index is -0.292. The fourth-order valence-electron chi connectivity index (χ4n) is 5.77. The van der Waals surface area contributed by atoms with E-state index in [0.29, 0.717) is 36.6 Å². The van der Waals surface area contributed by atoms with Gasteiger partial charge in [-0.2, -0.15) is 0 Å². The van der Waals surface area contributed by atoms with E-state index >= 15 is 0 Å². The largest absolute Gasteiger partial charge is 0.369 e. The van der Waals surface area contributed by atoms with Crippen LogP contribution in [0, 0.1) is 5.92 Å². The molecule has 9 heteroatoms. The molecule has 0 saturated carbocycles. The number of rotatable bonds is 5. The molecule has 6 rings (SSSR count). The molecular weight excluding hydrogens is 504 g/mol. The molecule has 3 aliphatic rings. The lowest BCUT2D eigenvalue weighted by molar-refractivity contribution is -0.121. The number of nitrogens with one attached hydrogen (secondary N) is 2. The molecule has 3 amide bonds. The molecule has 0 bridgehead atoms. The average Bonchev–Trinajstić information content (AvgIpc) is 3.37. The number of likely N-dealkylation sites (N-methyl/N-ethyl adjacent to an activating group) is 1. The number of carbonyl (C=O) groups excluding carboxylic acids is 3. The summed E-state index contributed by atoms with van der Waals surface area (Å²) in [6.07, 6.45) is 3.21. The fourth-order valence-corrected chi connectivity index (χ4v) is 5.77. The second-order valence-corrected chi connectivity index (χ2v) is 10.9. The minimum Gasteiger partial charge on any atom is -0.369 e. The number of carbonyl (C=O) groups is 3. The Bertz CT molecular complexity index is 1450. The highest BCUT2D eigenvalue weighted by atomic mass is 16.2. The minimum absolute atomic E-state index is 0.0407. The number of fused-ring (bicyclic) bond motifs is 1. The van der Waals surface area contributed by atoms with Gasteiger partial charge in [0.05, 0.1) is 5.92 Å². The maximum Gasteiger partial charge on any atom is 0.272 e. The van der Waals surface area contributed by atoms with Crippen LogP contribution >= 0.6 is 0 Å². The Kier molecular flexibility index (Phi) is 7.21. The van der Waals surface area contributed by atoms with E-state index in [2.05, 4.69) is 32.5 Å². The van der Waals surface area contributed by atoms with Gasteiger partial charge >= 0.3 is 0 Å². The van der Waals surface area contributed by atoms with Gasteiger partial charge in [0.2, 0.25) is 5.91 Å². The molecule has 0 spiro atoms. The number of anilines is 2. The van der Waals surface area contributed by atoms with E-state index < -0.39 is 0 Å². The maximum atomic E-state index is 13.4. The van der Waals surface area contributed by atoms with Crippen molar-refractivity contribution in [2.75, 3.05) is 56.5 Å². The molecule has 1 atom stereocenters. The van der Waals surface area contributed by atoms with Gasteiger partial charge in [-0.25, -0.2) is 0 Å². The zero-order valence-corrected chi connectivity index (χ0v) is 22.7. The highest BCUT2D eigenvalue weighted by molar-refractivity contribution is 5.99. The number of aromatic nitrogens is 1. The number of hydrogen-bond acceptors (Lipinski definition) is 6. The van der Waals surface area contributed by atoms with Crippen molar-refractivity contribution in [3.05, 3.63) is 77.6 Å². The van der Waals surface area contributed by atoms with Gasteiger partial charge in [0.15, 0.2) is 0 Å².